The van der Waals surface area contributed by atoms with E-state index in [4.69, 9.17) is 4.42 Å². The van der Waals surface area contributed by atoms with Crippen molar-refractivity contribution < 1.29 is 4.42 Å². The summed E-state index contributed by atoms with van der Waals surface area (Å²) in [7, 11) is 0. The summed E-state index contributed by atoms with van der Waals surface area (Å²) in [5, 5.41) is 2.28. The van der Waals surface area contributed by atoms with E-state index in [1.54, 1.807) is 0 Å². The van der Waals surface area contributed by atoms with Gasteiger partial charge in [0.2, 0.25) is 0 Å². The molecule has 1 aliphatic rings. The first kappa shape index (κ1) is 30.3. The Morgan fingerprint density at radius 2 is 1.02 bits per heavy atom. The van der Waals surface area contributed by atoms with Gasteiger partial charge < -0.3 is 14.2 Å². The van der Waals surface area contributed by atoms with Gasteiger partial charge in [0, 0.05) is 48.9 Å². The van der Waals surface area contributed by atoms with Gasteiger partial charge in [-0.2, -0.15) is 0 Å². The highest BCUT2D eigenvalue weighted by atomic mass is 32.2. The smallest absolute Gasteiger partial charge is 0.143 e. The highest BCUT2D eigenvalue weighted by Crippen LogP contribution is 2.52. The number of benzene rings is 8. The van der Waals surface area contributed by atoms with Gasteiger partial charge >= 0.3 is 0 Å². The molecule has 9 aromatic rings. The number of rotatable bonds is 6. The van der Waals surface area contributed by atoms with Crippen molar-refractivity contribution >= 4 is 67.8 Å². The molecule has 1 aromatic heterocycles. The second-order valence-electron chi connectivity index (χ2n) is 13.0. The number of hydrogen-bond donors (Lipinski definition) is 0. The molecule has 0 saturated heterocycles. The monoisotopic (exact) mass is 684 g/mol. The number of hydrogen-bond acceptors (Lipinski definition) is 4. The zero-order valence-corrected chi connectivity index (χ0v) is 29.0. The molecule has 0 bridgehead atoms. The zero-order valence-electron chi connectivity index (χ0n) is 28.2. The van der Waals surface area contributed by atoms with Crippen LogP contribution in [0.2, 0.25) is 0 Å². The number of para-hydroxylation sites is 5. The van der Waals surface area contributed by atoms with E-state index in [1.807, 2.05) is 23.9 Å². The van der Waals surface area contributed by atoms with Gasteiger partial charge in [0.15, 0.2) is 0 Å². The highest BCUT2D eigenvalue weighted by molar-refractivity contribution is 7.99. The molecule has 2 heterocycles. The lowest BCUT2D eigenvalue weighted by Gasteiger charge is -2.33. The second-order valence-corrected chi connectivity index (χ2v) is 14.1. The van der Waals surface area contributed by atoms with Crippen LogP contribution in [0.25, 0.3) is 44.2 Å². The third-order valence-electron chi connectivity index (χ3n) is 9.86. The first-order chi connectivity index (χ1) is 25.8. The van der Waals surface area contributed by atoms with E-state index in [1.165, 1.54) is 32.3 Å². The molecule has 0 amide bonds. The second kappa shape index (κ2) is 12.7. The molecule has 1 aliphatic heterocycles. The van der Waals surface area contributed by atoms with Crippen molar-refractivity contribution in [2.45, 2.75) is 9.79 Å². The predicted octanol–water partition coefficient (Wildman–Crippen LogP) is 14.3. The van der Waals surface area contributed by atoms with Gasteiger partial charge in [0.25, 0.3) is 0 Å². The normalized spacial score (nSPS) is 12.1. The summed E-state index contributed by atoms with van der Waals surface area (Å²) in [5.41, 5.74) is 13.3. The molecule has 10 rings (SSSR count). The van der Waals surface area contributed by atoms with Gasteiger partial charge in [-0.15, -0.1) is 0 Å². The van der Waals surface area contributed by atoms with Crippen LogP contribution in [-0.2, 0) is 0 Å². The van der Waals surface area contributed by atoms with E-state index in [0.29, 0.717) is 0 Å². The molecule has 0 unspecified atom stereocenters. The fourth-order valence-corrected chi connectivity index (χ4v) is 8.48. The quantitative estimate of drug-likeness (QED) is 0.174. The van der Waals surface area contributed by atoms with Crippen molar-refractivity contribution in [3.8, 4) is 22.3 Å². The molecule has 0 atom stereocenters. The van der Waals surface area contributed by atoms with Crippen LogP contribution in [0.1, 0.15) is 0 Å². The van der Waals surface area contributed by atoms with Gasteiger partial charge in [-0.25, -0.2) is 0 Å². The number of fused-ring (bicyclic) bond motifs is 5. The van der Waals surface area contributed by atoms with Crippen molar-refractivity contribution in [3.05, 3.63) is 194 Å². The molecule has 8 aromatic carbocycles. The molecule has 0 spiro atoms. The minimum absolute atomic E-state index is 0.911. The lowest BCUT2D eigenvalue weighted by Crippen LogP contribution is -2.14. The van der Waals surface area contributed by atoms with E-state index in [0.717, 1.165) is 55.8 Å². The van der Waals surface area contributed by atoms with Gasteiger partial charge in [-0.05, 0) is 95.6 Å². The average molecular weight is 685 g/mol. The maximum atomic E-state index is 6.36. The van der Waals surface area contributed by atoms with Gasteiger partial charge in [-0.3, -0.25) is 0 Å². The fraction of sp³-hybridized carbons (Fsp3) is 0. The van der Waals surface area contributed by atoms with Crippen LogP contribution in [0.5, 0.6) is 0 Å². The van der Waals surface area contributed by atoms with Crippen molar-refractivity contribution in [1.82, 2.24) is 0 Å². The van der Waals surface area contributed by atoms with E-state index >= 15 is 0 Å². The third kappa shape index (κ3) is 5.24. The SMILES string of the molecule is c1ccc(N(c2ccc(-c3ccc4c(c3)Sc3ccccc3N4c3ccccc3)cc2)c2ccc(-c3cccc4c3oc3ccccc34)cc2)cc1. The summed E-state index contributed by atoms with van der Waals surface area (Å²) in [6, 6.07) is 69.1. The van der Waals surface area contributed by atoms with Gasteiger partial charge in [-0.1, -0.05) is 127 Å². The van der Waals surface area contributed by atoms with Crippen molar-refractivity contribution in [1.29, 1.82) is 0 Å². The molecule has 4 heteroatoms. The van der Waals surface area contributed by atoms with Crippen LogP contribution in [0, 0.1) is 0 Å². The summed E-state index contributed by atoms with van der Waals surface area (Å²) in [4.78, 5) is 7.18. The molecular formula is C48H32N2OS. The Balaban J connectivity index is 0.990. The number of furan rings is 1. The molecule has 3 nitrogen and oxygen atoms in total. The van der Waals surface area contributed by atoms with E-state index < -0.39 is 0 Å². The van der Waals surface area contributed by atoms with Crippen LogP contribution in [-0.4, -0.2) is 0 Å². The Bertz CT molecular complexity index is 2700. The Kier molecular flexibility index (Phi) is 7.40. The number of nitrogens with zero attached hydrogens (tertiary/aromatic N) is 2. The van der Waals surface area contributed by atoms with Crippen LogP contribution in [0.4, 0.5) is 34.1 Å². The molecule has 0 radical (unpaired) electrons. The van der Waals surface area contributed by atoms with Crippen molar-refractivity contribution in [3.63, 3.8) is 0 Å². The highest BCUT2D eigenvalue weighted by Gasteiger charge is 2.25. The molecule has 0 saturated carbocycles. The maximum Gasteiger partial charge on any atom is 0.143 e. The summed E-state index contributed by atoms with van der Waals surface area (Å²) in [6.07, 6.45) is 0. The molecule has 0 N–H and O–H groups in total. The first-order valence-electron chi connectivity index (χ1n) is 17.5. The summed E-state index contributed by atoms with van der Waals surface area (Å²) in [5.74, 6) is 0. The standard InChI is InChI=1S/C48H32N2OS/c1-3-12-36(13-4-1)49(39-29-24-34(25-30-39)40-17-11-18-42-41-16-7-9-20-45(41)51-48(40)42)38-27-22-33(23-28-38)35-26-31-44-47(32-35)52-46-21-10-8-19-43(46)50(44)37-14-5-2-6-15-37/h1-32H. The van der Waals surface area contributed by atoms with E-state index in [2.05, 4.69) is 192 Å². The van der Waals surface area contributed by atoms with E-state index in [-0.39, 0.29) is 0 Å². The Morgan fingerprint density at radius 3 is 1.81 bits per heavy atom. The van der Waals surface area contributed by atoms with Crippen LogP contribution < -0.4 is 9.80 Å². The minimum Gasteiger partial charge on any atom is -0.455 e. The zero-order chi connectivity index (χ0) is 34.4. The van der Waals surface area contributed by atoms with Gasteiger partial charge in [0.1, 0.15) is 11.2 Å². The van der Waals surface area contributed by atoms with Gasteiger partial charge in [0.05, 0.1) is 11.4 Å². The summed E-state index contributed by atoms with van der Waals surface area (Å²) >= 11 is 1.84. The number of anilines is 6. The molecular weight excluding hydrogens is 653 g/mol. The van der Waals surface area contributed by atoms with Crippen LogP contribution in [0.15, 0.2) is 208 Å². The lowest BCUT2D eigenvalue weighted by atomic mass is 10.0. The van der Waals surface area contributed by atoms with Crippen molar-refractivity contribution in [2.75, 3.05) is 9.80 Å². The third-order valence-corrected chi connectivity index (χ3v) is 11.0. The van der Waals surface area contributed by atoms with Crippen LogP contribution >= 0.6 is 11.8 Å². The summed E-state index contributed by atoms with van der Waals surface area (Å²) in [6.45, 7) is 0. The minimum atomic E-state index is 0.911. The molecule has 52 heavy (non-hydrogen) atoms. The Labute approximate surface area is 307 Å². The molecule has 246 valence electrons. The Morgan fingerprint density at radius 1 is 0.423 bits per heavy atom. The van der Waals surface area contributed by atoms with E-state index in [9.17, 15) is 0 Å². The largest absolute Gasteiger partial charge is 0.455 e. The van der Waals surface area contributed by atoms with Crippen molar-refractivity contribution in [2.24, 2.45) is 0 Å². The molecule has 0 aliphatic carbocycles. The average Bonchev–Trinajstić information content (AvgIpc) is 3.60. The summed E-state index contributed by atoms with van der Waals surface area (Å²) < 4.78 is 6.36. The predicted molar refractivity (Wildman–Crippen MR) is 218 cm³/mol. The topological polar surface area (TPSA) is 19.6 Å². The molecule has 0 fully saturated rings. The first-order valence-corrected chi connectivity index (χ1v) is 18.3. The lowest BCUT2D eigenvalue weighted by molar-refractivity contribution is 0.670. The maximum absolute atomic E-state index is 6.36. The van der Waals surface area contributed by atoms with Crippen LogP contribution in [0.3, 0.4) is 0 Å². The fourth-order valence-electron chi connectivity index (χ4n) is 7.38. The Hall–Kier alpha value is -6.49.